The predicted octanol–water partition coefficient (Wildman–Crippen LogP) is 2.06. The van der Waals surface area contributed by atoms with E-state index >= 15 is 0 Å². The van der Waals surface area contributed by atoms with E-state index in [-0.39, 0.29) is 24.4 Å². The van der Waals surface area contributed by atoms with Crippen molar-refractivity contribution in [1.82, 2.24) is 9.78 Å². The molecule has 8 heteroatoms. The molecule has 3 aliphatic heterocycles. The molecule has 0 aromatic carbocycles. The van der Waals surface area contributed by atoms with E-state index in [4.69, 9.17) is 23.7 Å². The molecule has 0 bridgehead atoms. The van der Waals surface area contributed by atoms with Gasteiger partial charge in [0.15, 0.2) is 17.9 Å². The fourth-order valence-electron chi connectivity index (χ4n) is 3.48. The molecule has 1 aromatic heterocycles. The first-order chi connectivity index (χ1) is 10.7. The highest BCUT2D eigenvalue weighted by Gasteiger charge is 2.59. The molecular formula is C15H21IN2O5. The molecule has 3 aliphatic rings. The van der Waals surface area contributed by atoms with Crippen LogP contribution in [-0.2, 0) is 23.7 Å². The van der Waals surface area contributed by atoms with Gasteiger partial charge >= 0.3 is 0 Å². The van der Waals surface area contributed by atoms with Gasteiger partial charge in [-0.25, -0.2) is 0 Å². The molecule has 0 saturated carbocycles. The Morgan fingerprint density at radius 2 is 1.91 bits per heavy atom. The highest BCUT2D eigenvalue weighted by Crippen LogP contribution is 2.45. The first-order valence-corrected chi connectivity index (χ1v) is 8.84. The first kappa shape index (κ1) is 16.2. The standard InChI is InChI=1S/C15H21IN2O5/c1-14(2)19-7-9(21-14)11-10(18-6-8(16)5-17-18)12-13(20-11)23-15(3,4)22-12/h5-6,9-13H,7H2,1-4H3/t9?,10-,11-,12+,13+/m0/s1. The molecule has 1 aromatic rings. The van der Waals surface area contributed by atoms with Gasteiger partial charge in [0.25, 0.3) is 0 Å². The molecule has 0 spiro atoms. The summed E-state index contributed by atoms with van der Waals surface area (Å²) in [6.07, 6.45) is 2.74. The lowest BCUT2D eigenvalue weighted by molar-refractivity contribution is -0.226. The van der Waals surface area contributed by atoms with Crippen LogP contribution < -0.4 is 0 Å². The minimum absolute atomic E-state index is 0.118. The number of hydrogen-bond acceptors (Lipinski definition) is 6. The third-order valence-corrected chi connectivity index (χ3v) is 4.88. The van der Waals surface area contributed by atoms with Crippen molar-refractivity contribution in [3.05, 3.63) is 16.0 Å². The van der Waals surface area contributed by atoms with Crippen molar-refractivity contribution in [1.29, 1.82) is 0 Å². The van der Waals surface area contributed by atoms with E-state index in [1.54, 1.807) is 0 Å². The van der Waals surface area contributed by atoms with Gasteiger partial charge in [-0.05, 0) is 50.3 Å². The average Bonchev–Trinajstić information content (AvgIpc) is 3.12. The second kappa shape index (κ2) is 5.37. The summed E-state index contributed by atoms with van der Waals surface area (Å²) >= 11 is 2.24. The van der Waals surface area contributed by atoms with Gasteiger partial charge in [0.1, 0.15) is 24.4 Å². The molecule has 0 aliphatic carbocycles. The summed E-state index contributed by atoms with van der Waals surface area (Å²) in [5, 5.41) is 4.46. The van der Waals surface area contributed by atoms with Crippen molar-refractivity contribution < 1.29 is 23.7 Å². The molecule has 4 heterocycles. The van der Waals surface area contributed by atoms with Gasteiger partial charge in [-0.2, -0.15) is 5.10 Å². The van der Waals surface area contributed by atoms with E-state index in [0.717, 1.165) is 3.57 Å². The summed E-state index contributed by atoms with van der Waals surface area (Å²) in [5.41, 5.74) is 0. The number of aromatic nitrogens is 2. The van der Waals surface area contributed by atoms with Crippen LogP contribution in [-0.4, -0.2) is 52.6 Å². The quantitative estimate of drug-likeness (QED) is 0.662. The Bertz CT molecular complexity index is 604. The smallest absolute Gasteiger partial charge is 0.189 e. The van der Waals surface area contributed by atoms with E-state index in [9.17, 15) is 0 Å². The monoisotopic (exact) mass is 436 g/mol. The van der Waals surface area contributed by atoms with Gasteiger partial charge in [-0.15, -0.1) is 0 Å². The average molecular weight is 436 g/mol. The van der Waals surface area contributed by atoms with Gasteiger partial charge in [0.2, 0.25) is 0 Å². The van der Waals surface area contributed by atoms with Crippen LogP contribution in [0.5, 0.6) is 0 Å². The third kappa shape index (κ3) is 2.93. The van der Waals surface area contributed by atoms with E-state index in [1.165, 1.54) is 0 Å². The van der Waals surface area contributed by atoms with Crippen LogP contribution in [0.25, 0.3) is 0 Å². The van der Waals surface area contributed by atoms with Crippen molar-refractivity contribution in [3.8, 4) is 0 Å². The fourth-order valence-corrected chi connectivity index (χ4v) is 3.89. The number of fused-ring (bicyclic) bond motifs is 1. The highest BCUT2D eigenvalue weighted by molar-refractivity contribution is 14.1. The lowest BCUT2D eigenvalue weighted by Crippen LogP contribution is -2.40. The maximum atomic E-state index is 6.16. The van der Waals surface area contributed by atoms with Crippen molar-refractivity contribution in [2.24, 2.45) is 0 Å². The van der Waals surface area contributed by atoms with Crippen molar-refractivity contribution in [2.75, 3.05) is 6.61 Å². The first-order valence-electron chi connectivity index (χ1n) is 7.77. The van der Waals surface area contributed by atoms with Gasteiger partial charge in [0.05, 0.1) is 16.4 Å². The summed E-state index contributed by atoms with van der Waals surface area (Å²) in [7, 11) is 0. The molecule has 0 amide bonds. The Kier molecular flexibility index (Phi) is 3.79. The summed E-state index contributed by atoms with van der Waals surface area (Å²) in [6.45, 7) is 8.09. The molecule has 128 valence electrons. The van der Waals surface area contributed by atoms with Crippen molar-refractivity contribution >= 4 is 22.6 Å². The largest absolute Gasteiger partial charge is 0.348 e. The molecule has 1 unspecified atom stereocenters. The van der Waals surface area contributed by atoms with E-state index in [2.05, 4.69) is 27.7 Å². The maximum absolute atomic E-state index is 6.16. The lowest BCUT2D eigenvalue weighted by Gasteiger charge is -2.29. The normalized spacial score (nSPS) is 41.3. The second-order valence-corrected chi connectivity index (χ2v) is 8.31. The zero-order valence-corrected chi connectivity index (χ0v) is 15.7. The summed E-state index contributed by atoms with van der Waals surface area (Å²) < 4.78 is 32.8. The predicted molar refractivity (Wildman–Crippen MR) is 87.6 cm³/mol. The van der Waals surface area contributed by atoms with E-state index in [0.29, 0.717) is 6.61 Å². The molecule has 4 rings (SSSR count). The molecule has 0 N–H and O–H groups in total. The Hall–Kier alpha value is -0.260. The van der Waals surface area contributed by atoms with Gasteiger partial charge in [-0.1, -0.05) is 0 Å². The van der Waals surface area contributed by atoms with E-state index in [1.807, 2.05) is 44.8 Å². The van der Waals surface area contributed by atoms with Crippen LogP contribution in [0.3, 0.4) is 0 Å². The fraction of sp³-hybridized carbons (Fsp3) is 0.800. The van der Waals surface area contributed by atoms with Crippen LogP contribution in [0, 0.1) is 3.57 Å². The van der Waals surface area contributed by atoms with Crippen molar-refractivity contribution in [2.45, 2.75) is 69.9 Å². The second-order valence-electron chi connectivity index (χ2n) is 7.07. The minimum Gasteiger partial charge on any atom is -0.348 e. The minimum atomic E-state index is -0.662. The molecule has 3 saturated heterocycles. The third-order valence-electron chi connectivity index (χ3n) is 4.32. The molecule has 3 fully saturated rings. The maximum Gasteiger partial charge on any atom is 0.189 e. The number of rotatable bonds is 2. The highest BCUT2D eigenvalue weighted by atomic mass is 127. The van der Waals surface area contributed by atoms with Crippen LogP contribution in [0.4, 0.5) is 0 Å². The van der Waals surface area contributed by atoms with Gasteiger partial charge in [-0.3, -0.25) is 4.68 Å². The Morgan fingerprint density at radius 1 is 1.13 bits per heavy atom. The van der Waals surface area contributed by atoms with Crippen molar-refractivity contribution in [3.63, 3.8) is 0 Å². The topological polar surface area (TPSA) is 64.0 Å². The number of nitrogens with zero attached hydrogens (tertiary/aromatic N) is 2. The zero-order chi connectivity index (χ0) is 16.4. The zero-order valence-electron chi connectivity index (χ0n) is 13.6. The molecule has 5 atom stereocenters. The Balaban J connectivity index is 1.64. The SMILES string of the molecule is CC1(C)OCC([C@@H]2O[C@@H]3OC(C)(C)O[C@@H]3[C@H]2n2cc(I)cn2)O1. The number of hydrogen-bond donors (Lipinski definition) is 0. The Labute approximate surface area is 148 Å². The number of ether oxygens (including phenoxy) is 5. The van der Waals surface area contributed by atoms with Gasteiger partial charge < -0.3 is 23.7 Å². The van der Waals surface area contributed by atoms with Crippen LogP contribution in [0.2, 0.25) is 0 Å². The van der Waals surface area contributed by atoms with Gasteiger partial charge in [0, 0.05) is 6.20 Å². The molecule has 7 nitrogen and oxygen atoms in total. The Morgan fingerprint density at radius 3 is 2.52 bits per heavy atom. The van der Waals surface area contributed by atoms with E-state index < -0.39 is 17.9 Å². The summed E-state index contributed by atoms with van der Waals surface area (Å²) in [5.74, 6) is -1.26. The lowest BCUT2D eigenvalue weighted by atomic mass is 10.0. The summed E-state index contributed by atoms with van der Waals surface area (Å²) in [6, 6.07) is -0.118. The van der Waals surface area contributed by atoms with Crippen LogP contribution in [0.15, 0.2) is 12.4 Å². The van der Waals surface area contributed by atoms with Crippen LogP contribution in [0.1, 0.15) is 33.7 Å². The van der Waals surface area contributed by atoms with Crippen LogP contribution >= 0.6 is 22.6 Å². The molecular weight excluding hydrogens is 415 g/mol. The number of halogens is 1. The molecule has 0 radical (unpaired) electrons. The summed E-state index contributed by atoms with van der Waals surface area (Å²) in [4.78, 5) is 0. The molecule has 23 heavy (non-hydrogen) atoms.